The van der Waals surface area contributed by atoms with Crippen LogP contribution in [-0.4, -0.2) is 11.1 Å². The van der Waals surface area contributed by atoms with E-state index < -0.39 is 5.97 Å². The van der Waals surface area contributed by atoms with Gasteiger partial charge in [0.25, 0.3) is 0 Å². The summed E-state index contributed by atoms with van der Waals surface area (Å²) in [7, 11) is 0. The van der Waals surface area contributed by atoms with E-state index in [1.54, 1.807) is 0 Å². The predicted molar refractivity (Wildman–Crippen MR) is 77.4 cm³/mol. The highest BCUT2D eigenvalue weighted by molar-refractivity contribution is 5.74. The van der Waals surface area contributed by atoms with Crippen LogP contribution < -0.4 is 0 Å². The largest absolute Gasteiger partial charge is 0.481 e. The number of carboxylic acids is 1. The van der Waals surface area contributed by atoms with Crippen molar-refractivity contribution in [2.75, 3.05) is 0 Å². The Kier molecular flexibility index (Phi) is 2.40. The van der Waals surface area contributed by atoms with Crippen molar-refractivity contribution in [3.63, 3.8) is 0 Å². The van der Waals surface area contributed by atoms with Gasteiger partial charge in [0.05, 0.1) is 5.92 Å². The Bertz CT molecular complexity index is 552. The lowest BCUT2D eigenvalue weighted by molar-refractivity contribution is -0.166. The van der Waals surface area contributed by atoms with Crippen LogP contribution >= 0.6 is 0 Å². The van der Waals surface area contributed by atoms with E-state index in [1.165, 1.54) is 12.0 Å². The lowest BCUT2D eigenvalue weighted by Gasteiger charge is -2.64. The standard InChI is InChI=1S/C18H22O2/c1-17-8-12-7-13(10-17)15(16(19)20)18(9-12,11-17)14-5-3-2-4-6-14/h2-6,12-13,15H,7-11H2,1H3,(H,19,20). The molecule has 2 nitrogen and oxygen atoms in total. The third-order valence-electron chi connectivity index (χ3n) is 6.25. The Labute approximate surface area is 120 Å². The maximum absolute atomic E-state index is 12.0. The van der Waals surface area contributed by atoms with Crippen LogP contribution in [-0.2, 0) is 10.2 Å². The van der Waals surface area contributed by atoms with Gasteiger partial charge in [-0.2, -0.15) is 0 Å². The first-order valence-electron chi connectivity index (χ1n) is 7.81. The highest BCUT2D eigenvalue weighted by Crippen LogP contribution is 2.67. The first-order chi connectivity index (χ1) is 9.52. The molecule has 5 atom stereocenters. The molecule has 4 saturated carbocycles. The van der Waals surface area contributed by atoms with Crippen molar-refractivity contribution in [3.8, 4) is 0 Å². The summed E-state index contributed by atoms with van der Waals surface area (Å²) in [5, 5.41) is 9.86. The number of hydrogen-bond donors (Lipinski definition) is 1. The van der Waals surface area contributed by atoms with Crippen LogP contribution in [0.5, 0.6) is 0 Å². The minimum absolute atomic E-state index is 0.105. The quantitative estimate of drug-likeness (QED) is 0.886. The lowest BCUT2D eigenvalue weighted by atomic mass is 9.39. The Balaban J connectivity index is 1.88. The van der Waals surface area contributed by atoms with E-state index >= 15 is 0 Å². The van der Waals surface area contributed by atoms with Crippen LogP contribution in [0.15, 0.2) is 30.3 Å². The normalized spacial score (nSPS) is 45.5. The minimum atomic E-state index is -0.568. The van der Waals surface area contributed by atoms with E-state index in [4.69, 9.17) is 0 Å². The molecule has 0 aromatic heterocycles. The maximum atomic E-state index is 12.0. The van der Waals surface area contributed by atoms with E-state index in [-0.39, 0.29) is 11.3 Å². The molecule has 5 rings (SSSR count). The molecule has 4 bridgehead atoms. The molecule has 2 heteroatoms. The molecule has 106 valence electrons. The van der Waals surface area contributed by atoms with Gasteiger partial charge in [-0.25, -0.2) is 0 Å². The fourth-order valence-corrected chi connectivity index (χ4v) is 6.21. The molecular formula is C18H22O2. The van der Waals surface area contributed by atoms with Crippen molar-refractivity contribution >= 4 is 5.97 Å². The minimum Gasteiger partial charge on any atom is -0.481 e. The molecule has 4 aliphatic carbocycles. The third-order valence-corrected chi connectivity index (χ3v) is 6.25. The van der Waals surface area contributed by atoms with Crippen LogP contribution in [0.1, 0.15) is 44.6 Å². The zero-order valence-corrected chi connectivity index (χ0v) is 12.0. The molecule has 20 heavy (non-hydrogen) atoms. The number of hydrogen-bond acceptors (Lipinski definition) is 1. The summed E-state index contributed by atoms with van der Waals surface area (Å²) in [5.41, 5.74) is 1.53. The first kappa shape index (κ1) is 12.4. The third kappa shape index (κ3) is 1.54. The topological polar surface area (TPSA) is 37.3 Å². The Hall–Kier alpha value is -1.31. The second-order valence-electron chi connectivity index (χ2n) is 7.80. The summed E-state index contributed by atoms with van der Waals surface area (Å²) in [6.45, 7) is 2.39. The highest BCUT2D eigenvalue weighted by atomic mass is 16.4. The van der Waals surface area contributed by atoms with Crippen LogP contribution in [0.2, 0.25) is 0 Å². The maximum Gasteiger partial charge on any atom is 0.307 e. The number of benzene rings is 1. The Morgan fingerprint density at radius 3 is 2.60 bits per heavy atom. The fourth-order valence-electron chi connectivity index (χ4n) is 6.21. The highest BCUT2D eigenvalue weighted by Gasteiger charge is 2.63. The summed E-state index contributed by atoms with van der Waals surface area (Å²) in [6.07, 6.45) is 5.72. The van der Waals surface area contributed by atoms with Crippen molar-refractivity contribution in [3.05, 3.63) is 35.9 Å². The van der Waals surface area contributed by atoms with Crippen molar-refractivity contribution < 1.29 is 9.90 Å². The zero-order valence-electron chi connectivity index (χ0n) is 12.0. The van der Waals surface area contributed by atoms with Gasteiger partial charge in [-0.3, -0.25) is 4.79 Å². The molecule has 4 aliphatic rings. The van der Waals surface area contributed by atoms with Crippen molar-refractivity contribution in [1.29, 1.82) is 0 Å². The number of carboxylic acid groups (broad SMARTS) is 1. The van der Waals surface area contributed by atoms with Gasteiger partial charge in [0.1, 0.15) is 0 Å². The van der Waals surface area contributed by atoms with E-state index in [0.717, 1.165) is 31.6 Å². The molecule has 0 saturated heterocycles. The summed E-state index contributed by atoms with van der Waals surface area (Å²) in [6, 6.07) is 10.5. The molecule has 1 N–H and O–H groups in total. The van der Waals surface area contributed by atoms with Gasteiger partial charge in [0.2, 0.25) is 0 Å². The smallest absolute Gasteiger partial charge is 0.307 e. The fraction of sp³-hybridized carbons (Fsp3) is 0.611. The van der Waals surface area contributed by atoms with Crippen molar-refractivity contribution in [1.82, 2.24) is 0 Å². The van der Waals surface area contributed by atoms with E-state index in [0.29, 0.717) is 11.3 Å². The summed E-state index contributed by atoms with van der Waals surface area (Å²) in [5.74, 6) is 0.387. The molecule has 4 fully saturated rings. The molecule has 0 radical (unpaired) electrons. The Morgan fingerprint density at radius 2 is 1.95 bits per heavy atom. The summed E-state index contributed by atoms with van der Waals surface area (Å²) in [4.78, 5) is 12.0. The number of carbonyl (C=O) groups is 1. The lowest BCUT2D eigenvalue weighted by Crippen LogP contribution is -2.60. The van der Waals surface area contributed by atoms with Gasteiger partial charge in [-0.15, -0.1) is 0 Å². The van der Waals surface area contributed by atoms with Gasteiger partial charge in [0.15, 0.2) is 0 Å². The first-order valence-corrected chi connectivity index (χ1v) is 7.81. The van der Waals surface area contributed by atoms with Crippen molar-refractivity contribution in [2.45, 2.75) is 44.4 Å². The van der Waals surface area contributed by atoms with Crippen LogP contribution in [0, 0.1) is 23.2 Å². The second kappa shape index (κ2) is 3.87. The molecule has 0 aliphatic heterocycles. The molecule has 1 aromatic carbocycles. The zero-order chi connectivity index (χ0) is 14.0. The molecule has 0 spiro atoms. The number of aliphatic carboxylic acids is 1. The molecular weight excluding hydrogens is 248 g/mol. The van der Waals surface area contributed by atoms with E-state index in [2.05, 4.69) is 31.2 Å². The molecule has 5 unspecified atom stereocenters. The molecule has 1 aromatic rings. The monoisotopic (exact) mass is 270 g/mol. The van der Waals surface area contributed by atoms with Crippen LogP contribution in [0.3, 0.4) is 0 Å². The second-order valence-corrected chi connectivity index (χ2v) is 7.80. The summed E-state index contributed by atoms with van der Waals surface area (Å²) < 4.78 is 0. The Morgan fingerprint density at radius 1 is 1.20 bits per heavy atom. The average Bonchev–Trinajstić information content (AvgIpc) is 2.36. The van der Waals surface area contributed by atoms with E-state index in [1.807, 2.05) is 6.07 Å². The average molecular weight is 270 g/mol. The van der Waals surface area contributed by atoms with Gasteiger partial charge in [-0.05, 0) is 54.9 Å². The molecule has 0 heterocycles. The summed E-state index contributed by atoms with van der Waals surface area (Å²) >= 11 is 0. The van der Waals surface area contributed by atoms with E-state index in [9.17, 15) is 9.90 Å². The van der Waals surface area contributed by atoms with Crippen LogP contribution in [0.4, 0.5) is 0 Å². The van der Waals surface area contributed by atoms with Gasteiger partial charge in [0, 0.05) is 5.41 Å². The van der Waals surface area contributed by atoms with Gasteiger partial charge in [-0.1, -0.05) is 37.3 Å². The van der Waals surface area contributed by atoms with Gasteiger partial charge >= 0.3 is 5.97 Å². The van der Waals surface area contributed by atoms with Crippen molar-refractivity contribution in [2.24, 2.45) is 23.2 Å². The van der Waals surface area contributed by atoms with Gasteiger partial charge < -0.3 is 5.11 Å². The SMILES string of the molecule is CC12CC3CC(C1)C(C(=O)O)C(c1ccccc1)(C3)C2. The van der Waals surface area contributed by atoms with Crippen LogP contribution in [0.25, 0.3) is 0 Å². The predicted octanol–water partition coefficient (Wildman–Crippen LogP) is 3.86. The number of rotatable bonds is 2. The molecule has 0 amide bonds.